The minimum atomic E-state index is -0.225. The van der Waals surface area contributed by atoms with Crippen LogP contribution in [0.4, 0.5) is 5.69 Å². The maximum Gasteiger partial charge on any atom is 0.287 e. The summed E-state index contributed by atoms with van der Waals surface area (Å²) in [5.41, 5.74) is 0.549. The zero-order valence-electron chi connectivity index (χ0n) is 11.5. The van der Waals surface area contributed by atoms with E-state index in [0.717, 1.165) is 44.1 Å². The maximum absolute atomic E-state index is 11.8. The molecule has 0 aliphatic carbocycles. The molecule has 1 N–H and O–H groups in total. The second-order valence-electron chi connectivity index (χ2n) is 5.10. The van der Waals surface area contributed by atoms with Gasteiger partial charge in [0.25, 0.3) is 5.56 Å². The third kappa shape index (κ3) is 3.28. The normalized spacial score (nSPS) is 16.9. The molecule has 106 valence electrons. The molecule has 2 rings (SSSR count). The Balaban J connectivity index is 2.02. The lowest BCUT2D eigenvalue weighted by Gasteiger charge is -2.33. The molecular weight excluding hydrogens is 264 g/mol. The SMILES string of the molecule is CNCCC1CCN(c2cnn(C)c(=O)c2Cl)CC1. The zero-order valence-corrected chi connectivity index (χ0v) is 12.3. The molecule has 0 spiro atoms. The highest BCUT2D eigenvalue weighted by Gasteiger charge is 2.21. The summed E-state index contributed by atoms with van der Waals surface area (Å²) in [5, 5.41) is 7.53. The average Bonchev–Trinajstić information content (AvgIpc) is 2.44. The van der Waals surface area contributed by atoms with Gasteiger partial charge in [0.05, 0.1) is 11.9 Å². The van der Waals surface area contributed by atoms with E-state index in [-0.39, 0.29) is 10.6 Å². The number of nitrogens with one attached hydrogen (secondary N) is 1. The van der Waals surface area contributed by atoms with E-state index in [9.17, 15) is 4.79 Å². The molecule has 19 heavy (non-hydrogen) atoms. The molecule has 1 aromatic heterocycles. The summed E-state index contributed by atoms with van der Waals surface area (Å²) in [5.74, 6) is 0.766. The first-order valence-electron chi connectivity index (χ1n) is 6.75. The van der Waals surface area contributed by atoms with Gasteiger partial charge >= 0.3 is 0 Å². The molecule has 0 atom stereocenters. The minimum absolute atomic E-state index is 0.225. The van der Waals surface area contributed by atoms with Gasteiger partial charge in [-0.2, -0.15) is 5.10 Å². The highest BCUT2D eigenvalue weighted by Crippen LogP contribution is 2.27. The van der Waals surface area contributed by atoms with E-state index in [1.165, 1.54) is 11.1 Å². The summed E-state index contributed by atoms with van der Waals surface area (Å²) >= 11 is 6.13. The van der Waals surface area contributed by atoms with Crippen molar-refractivity contribution in [2.75, 3.05) is 31.6 Å². The fourth-order valence-corrected chi connectivity index (χ4v) is 2.82. The van der Waals surface area contributed by atoms with Crippen molar-refractivity contribution in [2.45, 2.75) is 19.3 Å². The quantitative estimate of drug-likeness (QED) is 0.904. The van der Waals surface area contributed by atoms with Crippen molar-refractivity contribution in [1.29, 1.82) is 0 Å². The fourth-order valence-electron chi connectivity index (χ4n) is 2.53. The molecule has 2 heterocycles. The Kier molecular flexibility index (Phi) is 4.82. The Morgan fingerprint density at radius 2 is 2.16 bits per heavy atom. The third-order valence-electron chi connectivity index (χ3n) is 3.82. The second kappa shape index (κ2) is 6.39. The molecule has 1 fully saturated rings. The van der Waals surface area contributed by atoms with Crippen molar-refractivity contribution < 1.29 is 0 Å². The van der Waals surface area contributed by atoms with Crippen LogP contribution in [-0.4, -0.2) is 36.5 Å². The molecule has 0 unspecified atom stereocenters. The van der Waals surface area contributed by atoms with Crippen molar-refractivity contribution in [3.8, 4) is 0 Å². The van der Waals surface area contributed by atoms with Crippen LogP contribution >= 0.6 is 11.6 Å². The van der Waals surface area contributed by atoms with E-state index >= 15 is 0 Å². The molecule has 0 bridgehead atoms. The summed E-state index contributed by atoms with van der Waals surface area (Å²) in [6, 6.07) is 0. The number of rotatable bonds is 4. The Hall–Kier alpha value is -1.07. The fraction of sp³-hybridized carbons (Fsp3) is 0.692. The number of nitrogens with zero attached hydrogens (tertiary/aromatic N) is 3. The predicted molar refractivity (Wildman–Crippen MR) is 78.0 cm³/mol. The number of piperidine rings is 1. The Labute approximate surface area is 118 Å². The second-order valence-corrected chi connectivity index (χ2v) is 5.47. The molecule has 1 saturated heterocycles. The molecule has 5 nitrogen and oxygen atoms in total. The smallest absolute Gasteiger partial charge is 0.287 e. The number of hydrogen-bond donors (Lipinski definition) is 1. The Bertz CT molecular complexity index is 480. The molecule has 1 aromatic rings. The maximum atomic E-state index is 11.8. The first kappa shape index (κ1) is 14.3. The molecule has 1 aliphatic rings. The zero-order chi connectivity index (χ0) is 13.8. The number of aromatic nitrogens is 2. The van der Waals surface area contributed by atoms with Crippen LogP contribution in [-0.2, 0) is 7.05 Å². The van der Waals surface area contributed by atoms with Crippen LogP contribution in [0.2, 0.25) is 5.02 Å². The number of anilines is 1. The van der Waals surface area contributed by atoms with Gasteiger partial charge in [0.2, 0.25) is 0 Å². The summed E-state index contributed by atoms with van der Waals surface area (Å²) in [4.78, 5) is 13.9. The monoisotopic (exact) mass is 284 g/mol. The average molecular weight is 285 g/mol. The highest BCUT2D eigenvalue weighted by atomic mass is 35.5. The summed E-state index contributed by atoms with van der Waals surface area (Å²) < 4.78 is 1.27. The van der Waals surface area contributed by atoms with Crippen LogP contribution in [0.3, 0.4) is 0 Å². The molecule has 0 amide bonds. The van der Waals surface area contributed by atoms with E-state index < -0.39 is 0 Å². The van der Waals surface area contributed by atoms with Gasteiger partial charge in [-0.15, -0.1) is 0 Å². The summed E-state index contributed by atoms with van der Waals surface area (Å²) in [6.07, 6.45) is 5.20. The van der Waals surface area contributed by atoms with Gasteiger partial charge < -0.3 is 10.2 Å². The lowest BCUT2D eigenvalue weighted by atomic mass is 9.93. The minimum Gasteiger partial charge on any atom is -0.369 e. The largest absolute Gasteiger partial charge is 0.369 e. The first-order valence-corrected chi connectivity index (χ1v) is 7.12. The molecule has 6 heteroatoms. The molecule has 1 aliphatic heterocycles. The van der Waals surface area contributed by atoms with Gasteiger partial charge in [0.1, 0.15) is 5.02 Å². The number of halogens is 1. The summed E-state index contributed by atoms with van der Waals surface area (Å²) in [7, 11) is 3.60. The van der Waals surface area contributed by atoms with Gasteiger partial charge in [-0.25, -0.2) is 4.68 Å². The van der Waals surface area contributed by atoms with Gasteiger partial charge in [0.15, 0.2) is 0 Å². The van der Waals surface area contributed by atoms with Crippen molar-refractivity contribution in [3.05, 3.63) is 21.6 Å². The first-order chi connectivity index (χ1) is 9.13. The van der Waals surface area contributed by atoms with Gasteiger partial charge in [0, 0.05) is 20.1 Å². The molecule has 0 radical (unpaired) electrons. The molecular formula is C13H21ClN4O. The molecule has 0 saturated carbocycles. The number of aryl methyl sites for hydroxylation is 1. The number of hydrogen-bond acceptors (Lipinski definition) is 4. The van der Waals surface area contributed by atoms with Crippen LogP contribution in [0.5, 0.6) is 0 Å². The topological polar surface area (TPSA) is 50.2 Å². The van der Waals surface area contributed by atoms with Gasteiger partial charge in [-0.1, -0.05) is 11.6 Å². The molecule has 0 aromatic carbocycles. The van der Waals surface area contributed by atoms with E-state index in [0.29, 0.717) is 0 Å². The highest BCUT2D eigenvalue weighted by molar-refractivity contribution is 6.33. The standard InChI is InChI=1S/C13H21ClN4O/c1-15-6-3-10-4-7-18(8-5-10)11-9-16-17(2)13(19)12(11)14/h9-10,15H,3-8H2,1-2H3. The lowest BCUT2D eigenvalue weighted by molar-refractivity contribution is 0.378. The van der Waals surface area contributed by atoms with Crippen molar-refractivity contribution in [3.63, 3.8) is 0 Å². The van der Waals surface area contributed by atoms with Crippen molar-refractivity contribution in [2.24, 2.45) is 13.0 Å². The van der Waals surface area contributed by atoms with Crippen molar-refractivity contribution in [1.82, 2.24) is 15.1 Å². The van der Waals surface area contributed by atoms with E-state index in [1.54, 1.807) is 13.2 Å². The Morgan fingerprint density at radius 1 is 1.47 bits per heavy atom. The van der Waals surface area contributed by atoms with Crippen LogP contribution in [0, 0.1) is 5.92 Å². The van der Waals surface area contributed by atoms with Gasteiger partial charge in [-0.3, -0.25) is 4.79 Å². The van der Waals surface area contributed by atoms with Crippen LogP contribution in [0.15, 0.2) is 11.0 Å². The van der Waals surface area contributed by atoms with E-state index in [2.05, 4.69) is 15.3 Å². The van der Waals surface area contributed by atoms with E-state index in [4.69, 9.17) is 11.6 Å². The summed E-state index contributed by atoms with van der Waals surface area (Å²) in [6.45, 7) is 2.96. The van der Waals surface area contributed by atoms with Gasteiger partial charge in [-0.05, 0) is 38.8 Å². The van der Waals surface area contributed by atoms with Crippen LogP contribution in [0.1, 0.15) is 19.3 Å². The third-order valence-corrected chi connectivity index (χ3v) is 4.17. The van der Waals surface area contributed by atoms with Crippen LogP contribution in [0.25, 0.3) is 0 Å². The predicted octanol–water partition coefficient (Wildman–Crippen LogP) is 1.26. The lowest BCUT2D eigenvalue weighted by Crippen LogP contribution is -2.36. The van der Waals surface area contributed by atoms with Crippen LogP contribution < -0.4 is 15.8 Å². The van der Waals surface area contributed by atoms with E-state index in [1.807, 2.05) is 7.05 Å². The van der Waals surface area contributed by atoms with Crippen molar-refractivity contribution >= 4 is 17.3 Å². The Morgan fingerprint density at radius 3 is 2.79 bits per heavy atom.